The largest absolute Gasteiger partial charge is 0.481 e. The van der Waals surface area contributed by atoms with E-state index in [9.17, 15) is 78.0 Å². The van der Waals surface area contributed by atoms with Crippen LogP contribution in [0.3, 0.4) is 0 Å². The Morgan fingerprint density at radius 3 is 1.54 bits per heavy atom. The molecule has 10 amide bonds. The van der Waals surface area contributed by atoms with Gasteiger partial charge >= 0.3 is 11.9 Å². The average Bonchev–Trinajstić information content (AvgIpc) is 3.91. The van der Waals surface area contributed by atoms with Crippen LogP contribution in [0, 0.1) is 5.92 Å². The van der Waals surface area contributed by atoms with Gasteiger partial charge in [-0.25, -0.2) is 9.78 Å². The number of amides is 10. The lowest BCUT2D eigenvalue weighted by Gasteiger charge is -2.28. The maximum Gasteiger partial charge on any atom is 0.326 e. The zero-order chi connectivity index (χ0) is 60.6. The monoisotopic (exact) mass is 1140 g/mol. The smallest absolute Gasteiger partial charge is 0.326 e. The molecule has 0 saturated carbocycles. The van der Waals surface area contributed by atoms with Crippen LogP contribution in [0.4, 0.5) is 0 Å². The number of aliphatic hydroxyl groups excluding tert-OH is 2. The summed E-state index contributed by atoms with van der Waals surface area (Å²) in [6.45, 7) is 2.58. The first kappa shape index (κ1) is 69.9. The zero-order valence-corrected chi connectivity index (χ0v) is 44.9. The van der Waals surface area contributed by atoms with Crippen molar-refractivity contribution in [2.75, 3.05) is 32.8 Å². The number of aliphatic carboxylic acids is 2. The van der Waals surface area contributed by atoms with Crippen molar-refractivity contribution < 1.29 is 78.0 Å². The first-order valence-corrected chi connectivity index (χ1v) is 25.6. The van der Waals surface area contributed by atoms with Crippen LogP contribution in [0.25, 0.3) is 0 Å². The molecule has 0 unspecified atom stereocenters. The number of nitrogens with one attached hydrogen (secondary N) is 10. The van der Waals surface area contributed by atoms with E-state index in [0.717, 1.165) is 6.92 Å². The highest BCUT2D eigenvalue weighted by Crippen LogP contribution is 2.09. The van der Waals surface area contributed by atoms with Gasteiger partial charge in [-0.15, -0.1) is 0 Å². The summed E-state index contributed by atoms with van der Waals surface area (Å²) in [5, 5.41) is 60.3. The second kappa shape index (κ2) is 36.9. The molecule has 1 rings (SSSR count). The maximum absolute atomic E-state index is 14.0. The minimum atomic E-state index is -1.95. The number of carbonyl (C=O) groups is 12. The Kier molecular flexibility index (Phi) is 32.3. The second-order valence-electron chi connectivity index (χ2n) is 18.8. The number of nitrogens with zero attached hydrogens (tertiary/aromatic N) is 2. The number of aromatic nitrogens is 2. The van der Waals surface area contributed by atoms with Crippen molar-refractivity contribution in [3.63, 3.8) is 0 Å². The Morgan fingerprint density at radius 2 is 1.01 bits per heavy atom. The number of carbonyl (C=O) groups excluding carboxylic acids is 10. The quantitative estimate of drug-likeness (QED) is 0.0165. The number of aliphatic imine (C=N–C) groups is 1. The van der Waals surface area contributed by atoms with Gasteiger partial charge in [-0.3, -0.25) is 57.7 Å². The number of carboxylic acids is 2. The van der Waals surface area contributed by atoms with Crippen LogP contribution in [-0.2, 0) is 64.0 Å². The SMILES string of the molecule is CC(C)[C@H](NC(=O)[C@H](CO)NC(=O)[C@H](CC(N)=O)NC(=O)[C@@H](N)CCCCN)C(=O)N[C@@H](Cc1cnc[nH]1)C(=O)N[C@@H](CC(=O)O)C(=O)N[C@@H](C)C(=O)N[C@@H](CO)C(=O)N[C@@H](CCCCN)C(=O)N[C@@H](CCCN=C(N)N)C(=O)O. The molecule has 26 N–H and O–H groups in total. The molecule has 0 fully saturated rings. The molecule has 0 bridgehead atoms. The van der Waals surface area contributed by atoms with E-state index in [0.29, 0.717) is 25.8 Å². The van der Waals surface area contributed by atoms with Crippen LogP contribution in [0.2, 0.25) is 0 Å². The van der Waals surface area contributed by atoms with Gasteiger partial charge in [-0.1, -0.05) is 20.3 Å². The van der Waals surface area contributed by atoms with Gasteiger partial charge in [0, 0.05) is 24.9 Å². The van der Waals surface area contributed by atoms with E-state index in [4.69, 9.17) is 34.4 Å². The summed E-state index contributed by atoms with van der Waals surface area (Å²) < 4.78 is 0. The van der Waals surface area contributed by atoms with Gasteiger partial charge in [0.25, 0.3) is 0 Å². The van der Waals surface area contributed by atoms with Crippen LogP contribution < -0.4 is 82.3 Å². The van der Waals surface area contributed by atoms with E-state index < -0.39 is 163 Å². The standard InChI is InChI=1S/C46H80N18O16/c1-22(2)35(64-43(77)32(20-66)63-41(75)29(16-33(50)67)59-37(71)25(49)9-4-6-12-47)44(78)61-28(15-24-18-53-21-55-24)40(74)60-30(17-34(68)69)39(73)56-23(3)36(70)62-31(19-65)42(76)57-26(10-5-7-13-48)38(72)58-27(45(79)80)11-8-14-54-46(51)52/h18,21-23,25-32,35,65-66H,4-17,19-20,47-49H2,1-3H3,(H2,50,67)(H,53,55)(H,56,73)(H,57,76)(H,58,72)(H,59,71)(H,60,74)(H,61,78)(H,62,70)(H,63,75)(H,64,77)(H,68,69)(H,79,80)(H4,51,52,54)/t23-,25-,26-,27-,28-,29-,30-,31-,32-,35-/m0/s1. The lowest BCUT2D eigenvalue weighted by molar-refractivity contribution is -0.143. The normalized spacial score (nSPS) is 14.8. The number of guanidine groups is 1. The molecular weight excluding hydrogens is 1060 g/mol. The first-order chi connectivity index (χ1) is 37.7. The van der Waals surface area contributed by atoms with Crippen LogP contribution in [-0.4, -0.2) is 201 Å². The fraction of sp³-hybridized carbons (Fsp3) is 0.652. The summed E-state index contributed by atoms with van der Waals surface area (Å²) in [5.74, 6) is -14.7. The van der Waals surface area contributed by atoms with Gasteiger partial charge in [0.15, 0.2) is 5.96 Å². The summed E-state index contributed by atoms with van der Waals surface area (Å²) in [7, 11) is 0. The van der Waals surface area contributed by atoms with Gasteiger partial charge in [0.1, 0.15) is 54.4 Å². The van der Waals surface area contributed by atoms with Crippen molar-refractivity contribution in [2.45, 2.75) is 152 Å². The Hall–Kier alpha value is -8.08. The first-order valence-electron chi connectivity index (χ1n) is 25.6. The van der Waals surface area contributed by atoms with Crippen molar-refractivity contribution in [1.29, 1.82) is 0 Å². The number of primary amides is 1. The summed E-state index contributed by atoms with van der Waals surface area (Å²) in [6.07, 6.45) is 2.25. The highest BCUT2D eigenvalue weighted by Gasteiger charge is 2.36. The number of rotatable bonds is 40. The van der Waals surface area contributed by atoms with Gasteiger partial charge < -0.3 is 108 Å². The van der Waals surface area contributed by atoms with Gasteiger partial charge in [0.2, 0.25) is 59.1 Å². The number of hydrogen-bond donors (Lipinski definition) is 20. The Bertz CT molecular complexity index is 2270. The van der Waals surface area contributed by atoms with Gasteiger partial charge in [-0.05, 0) is 70.9 Å². The minimum absolute atomic E-state index is 0.0440. The highest BCUT2D eigenvalue weighted by molar-refractivity contribution is 5.99. The van der Waals surface area contributed by atoms with Crippen LogP contribution in [0.15, 0.2) is 17.5 Å². The molecule has 1 aromatic heterocycles. The van der Waals surface area contributed by atoms with E-state index in [1.54, 1.807) is 0 Å². The Labute approximate surface area is 460 Å². The Balaban J connectivity index is 3.27. The molecule has 0 spiro atoms. The molecule has 34 heteroatoms. The van der Waals surface area contributed by atoms with Crippen LogP contribution in [0.1, 0.15) is 90.7 Å². The molecule has 450 valence electrons. The number of nitrogens with two attached hydrogens (primary N) is 6. The number of carboxylic acid groups (broad SMARTS) is 2. The summed E-state index contributed by atoms with van der Waals surface area (Å²) in [6, 6.07) is -15.8. The maximum atomic E-state index is 14.0. The predicted octanol–water partition coefficient (Wildman–Crippen LogP) is -8.95. The van der Waals surface area contributed by atoms with E-state index in [-0.39, 0.29) is 63.3 Å². The molecule has 0 radical (unpaired) electrons. The second-order valence-corrected chi connectivity index (χ2v) is 18.8. The molecule has 10 atom stereocenters. The average molecular weight is 1140 g/mol. The molecule has 0 aliphatic heterocycles. The summed E-state index contributed by atoms with van der Waals surface area (Å²) >= 11 is 0. The van der Waals surface area contributed by atoms with Crippen molar-refractivity contribution in [1.82, 2.24) is 57.8 Å². The number of imidazole rings is 1. The fourth-order valence-electron chi connectivity index (χ4n) is 7.26. The molecule has 80 heavy (non-hydrogen) atoms. The lowest BCUT2D eigenvalue weighted by atomic mass is 10.0. The minimum Gasteiger partial charge on any atom is -0.481 e. The van der Waals surface area contributed by atoms with E-state index in [1.165, 1.54) is 26.4 Å². The molecular formula is C46H80N18O16. The third-order valence-corrected chi connectivity index (χ3v) is 11.7. The van der Waals surface area contributed by atoms with E-state index in [2.05, 4.69) is 62.8 Å². The van der Waals surface area contributed by atoms with Gasteiger partial charge in [-0.2, -0.15) is 0 Å². The summed E-state index contributed by atoms with van der Waals surface area (Å²) in [5.41, 5.74) is 33.1. The van der Waals surface area contributed by atoms with Crippen molar-refractivity contribution in [2.24, 2.45) is 45.3 Å². The number of hydrogen-bond acceptors (Lipinski definition) is 19. The number of aromatic amines is 1. The Morgan fingerprint density at radius 1 is 0.550 bits per heavy atom. The van der Waals surface area contributed by atoms with Crippen molar-refractivity contribution >= 4 is 77.0 Å². The van der Waals surface area contributed by atoms with Gasteiger partial charge in [0.05, 0.1) is 38.4 Å². The molecule has 1 heterocycles. The molecule has 0 aliphatic rings. The van der Waals surface area contributed by atoms with Crippen LogP contribution >= 0.6 is 0 Å². The molecule has 1 aromatic rings. The number of unbranched alkanes of at least 4 members (excludes halogenated alkanes) is 2. The van der Waals surface area contributed by atoms with E-state index >= 15 is 0 Å². The highest BCUT2D eigenvalue weighted by atomic mass is 16.4. The van der Waals surface area contributed by atoms with Crippen LogP contribution in [0.5, 0.6) is 0 Å². The topological polar surface area (TPSA) is 591 Å². The third kappa shape index (κ3) is 26.5. The number of H-pyrrole nitrogens is 1. The van der Waals surface area contributed by atoms with Crippen molar-refractivity contribution in [3.05, 3.63) is 18.2 Å². The third-order valence-electron chi connectivity index (χ3n) is 11.7. The molecule has 34 nitrogen and oxygen atoms in total. The van der Waals surface area contributed by atoms with E-state index in [1.807, 2.05) is 0 Å². The molecule has 0 aliphatic carbocycles. The fourth-order valence-corrected chi connectivity index (χ4v) is 7.26. The molecule has 0 saturated heterocycles. The predicted molar refractivity (Wildman–Crippen MR) is 282 cm³/mol. The molecule has 0 aromatic carbocycles. The lowest BCUT2D eigenvalue weighted by Crippen LogP contribution is -2.62. The van der Waals surface area contributed by atoms with Crippen molar-refractivity contribution in [3.8, 4) is 0 Å². The zero-order valence-electron chi connectivity index (χ0n) is 44.9. The number of aliphatic hydroxyl groups is 2. The summed E-state index contributed by atoms with van der Waals surface area (Å²) in [4.78, 5) is 167.